The van der Waals surface area contributed by atoms with E-state index in [4.69, 9.17) is 4.74 Å². The highest BCUT2D eigenvalue weighted by atomic mass is 16.5. The molecule has 3 fully saturated rings. The van der Waals surface area contributed by atoms with Crippen LogP contribution in [0.2, 0.25) is 0 Å². The Morgan fingerprint density at radius 2 is 1.76 bits per heavy atom. The van der Waals surface area contributed by atoms with Crippen molar-refractivity contribution in [3.8, 4) is 0 Å². The highest BCUT2D eigenvalue weighted by Crippen LogP contribution is 2.33. The van der Waals surface area contributed by atoms with Gasteiger partial charge in [-0.2, -0.15) is 0 Å². The minimum absolute atomic E-state index is 0.132. The zero-order valence-corrected chi connectivity index (χ0v) is 10.4. The quantitative estimate of drug-likeness (QED) is 0.652. The second kappa shape index (κ2) is 4.81. The maximum atomic E-state index is 12.1. The lowest BCUT2D eigenvalue weighted by Crippen LogP contribution is -2.42. The molecular weight excluding hydrogens is 214 g/mol. The summed E-state index contributed by atoms with van der Waals surface area (Å²) in [7, 11) is 0. The molecule has 3 rings (SSSR count). The van der Waals surface area contributed by atoms with E-state index in [1.807, 2.05) is 4.90 Å². The molecular formula is C14H21NO2. The predicted molar refractivity (Wildman–Crippen MR) is 65.7 cm³/mol. The van der Waals surface area contributed by atoms with Gasteiger partial charge in [-0.25, -0.2) is 0 Å². The lowest BCUT2D eigenvalue weighted by Gasteiger charge is -2.33. The molecule has 1 atom stereocenters. The highest BCUT2D eigenvalue weighted by Gasteiger charge is 2.30. The van der Waals surface area contributed by atoms with Crippen molar-refractivity contribution in [1.29, 1.82) is 0 Å². The van der Waals surface area contributed by atoms with E-state index in [1.54, 1.807) is 11.1 Å². The van der Waals surface area contributed by atoms with Crippen molar-refractivity contribution >= 4 is 5.91 Å². The highest BCUT2D eigenvalue weighted by molar-refractivity contribution is 5.81. The molecule has 0 aromatic carbocycles. The smallest absolute Gasteiger partial charge is 0.251 e. The topological polar surface area (TPSA) is 29.5 Å². The van der Waals surface area contributed by atoms with Crippen LogP contribution in [0.1, 0.15) is 44.9 Å². The van der Waals surface area contributed by atoms with Crippen molar-refractivity contribution in [3.05, 3.63) is 11.1 Å². The number of piperidine rings is 1. The fourth-order valence-electron chi connectivity index (χ4n) is 3.03. The van der Waals surface area contributed by atoms with Crippen LogP contribution in [0.3, 0.4) is 0 Å². The van der Waals surface area contributed by atoms with Crippen molar-refractivity contribution in [2.45, 2.75) is 51.0 Å². The predicted octanol–water partition coefficient (Wildman–Crippen LogP) is 2.27. The molecule has 17 heavy (non-hydrogen) atoms. The van der Waals surface area contributed by atoms with Gasteiger partial charge in [0.1, 0.15) is 6.10 Å². The van der Waals surface area contributed by atoms with Gasteiger partial charge in [-0.15, -0.1) is 0 Å². The van der Waals surface area contributed by atoms with Crippen molar-refractivity contribution in [1.82, 2.24) is 4.90 Å². The molecule has 3 nitrogen and oxygen atoms in total. The first-order valence-corrected chi connectivity index (χ1v) is 6.95. The molecule has 2 heterocycles. The van der Waals surface area contributed by atoms with Crippen LogP contribution in [-0.2, 0) is 9.53 Å². The lowest BCUT2D eigenvalue weighted by molar-refractivity contribution is -0.141. The molecule has 0 bridgehead atoms. The minimum Gasteiger partial charge on any atom is -0.368 e. The number of hydrogen-bond acceptors (Lipinski definition) is 2. The number of likely N-dealkylation sites (tertiary alicyclic amines) is 1. The van der Waals surface area contributed by atoms with Crippen LogP contribution in [0.25, 0.3) is 0 Å². The van der Waals surface area contributed by atoms with Crippen molar-refractivity contribution in [2.75, 3.05) is 19.7 Å². The van der Waals surface area contributed by atoms with Crippen molar-refractivity contribution in [2.24, 2.45) is 0 Å². The van der Waals surface area contributed by atoms with Crippen LogP contribution >= 0.6 is 0 Å². The Morgan fingerprint density at radius 1 is 1.06 bits per heavy atom. The second-order valence-electron chi connectivity index (χ2n) is 5.39. The van der Waals surface area contributed by atoms with Crippen LogP contribution in [0.15, 0.2) is 11.1 Å². The van der Waals surface area contributed by atoms with Crippen LogP contribution in [0.4, 0.5) is 0 Å². The number of carbonyl (C=O) groups is 1. The maximum Gasteiger partial charge on any atom is 0.251 e. The van der Waals surface area contributed by atoms with Crippen LogP contribution in [-0.4, -0.2) is 36.6 Å². The molecule has 0 aromatic rings. The lowest BCUT2D eigenvalue weighted by atomic mass is 9.84. The number of hydrogen-bond donors (Lipinski definition) is 0. The first-order chi connectivity index (χ1) is 8.34. The van der Waals surface area contributed by atoms with Gasteiger partial charge in [0.25, 0.3) is 5.91 Å². The van der Waals surface area contributed by atoms with E-state index in [0.29, 0.717) is 0 Å². The molecule has 0 N–H and O–H groups in total. The third-order valence-electron chi connectivity index (χ3n) is 4.34. The summed E-state index contributed by atoms with van der Waals surface area (Å²) in [6.07, 6.45) is 8.04. The Hall–Kier alpha value is -0.830. The van der Waals surface area contributed by atoms with Gasteiger partial charge in [-0.1, -0.05) is 11.1 Å². The van der Waals surface area contributed by atoms with Gasteiger partial charge in [0, 0.05) is 19.7 Å². The largest absolute Gasteiger partial charge is 0.368 e. The zero-order valence-electron chi connectivity index (χ0n) is 10.4. The first-order valence-electron chi connectivity index (χ1n) is 6.95. The Labute approximate surface area is 103 Å². The van der Waals surface area contributed by atoms with E-state index in [2.05, 4.69) is 0 Å². The van der Waals surface area contributed by atoms with Gasteiger partial charge in [0.05, 0.1) is 0 Å². The SMILES string of the molecule is O=C(C1CCCO1)N1CCC(=C2CCC2)CC1. The monoisotopic (exact) mass is 235 g/mol. The molecule has 1 aliphatic carbocycles. The van der Waals surface area contributed by atoms with Crippen LogP contribution < -0.4 is 0 Å². The average Bonchev–Trinajstić information content (AvgIpc) is 2.80. The summed E-state index contributed by atoms with van der Waals surface area (Å²) in [5, 5.41) is 0. The van der Waals surface area contributed by atoms with Gasteiger partial charge in [-0.05, 0) is 44.9 Å². The summed E-state index contributed by atoms with van der Waals surface area (Å²) in [5.41, 5.74) is 3.34. The Bertz CT molecular complexity index is 326. The van der Waals surface area contributed by atoms with Crippen LogP contribution in [0.5, 0.6) is 0 Å². The van der Waals surface area contributed by atoms with E-state index in [-0.39, 0.29) is 12.0 Å². The average molecular weight is 235 g/mol. The number of ether oxygens (including phenoxy) is 1. The second-order valence-corrected chi connectivity index (χ2v) is 5.39. The molecule has 0 spiro atoms. The van der Waals surface area contributed by atoms with Gasteiger partial charge in [0.2, 0.25) is 0 Å². The minimum atomic E-state index is -0.132. The summed E-state index contributed by atoms with van der Waals surface area (Å²) in [6, 6.07) is 0. The fourth-order valence-corrected chi connectivity index (χ4v) is 3.03. The molecule has 3 heteroatoms. The van der Waals surface area contributed by atoms with Gasteiger partial charge in [-0.3, -0.25) is 4.79 Å². The van der Waals surface area contributed by atoms with E-state index in [0.717, 1.165) is 45.4 Å². The molecule has 0 radical (unpaired) electrons. The van der Waals surface area contributed by atoms with Gasteiger partial charge >= 0.3 is 0 Å². The standard InChI is InChI=1S/C14H21NO2/c16-14(13-5-2-10-17-13)15-8-6-12(7-9-15)11-3-1-4-11/h13H,1-10H2. The Balaban J connectivity index is 1.55. The maximum absolute atomic E-state index is 12.1. The molecule has 2 saturated heterocycles. The summed E-state index contributed by atoms with van der Waals surface area (Å²) in [6.45, 7) is 2.59. The van der Waals surface area contributed by atoms with Crippen molar-refractivity contribution < 1.29 is 9.53 Å². The summed E-state index contributed by atoms with van der Waals surface area (Å²) in [5.74, 6) is 0.236. The Morgan fingerprint density at radius 3 is 2.29 bits per heavy atom. The molecule has 1 unspecified atom stereocenters. The first kappa shape index (κ1) is 11.3. The van der Waals surface area contributed by atoms with E-state index >= 15 is 0 Å². The molecule has 3 aliphatic rings. The van der Waals surface area contributed by atoms with Gasteiger partial charge < -0.3 is 9.64 Å². The molecule has 0 aromatic heterocycles. The summed E-state index contributed by atoms with van der Waals surface area (Å²) >= 11 is 0. The van der Waals surface area contributed by atoms with E-state index < -0.39 is 0 Å². The molecule has 1 saturated carbocycles. The summed E-state index contributed by atoms with van der Waals surface area (Å²) in [4.78, 5) is 14.2. The fraction of sp³-hybridized carbons (Fsp3) is 0.786. The normalized spacial score (nSPS) is 29.4. The molecule has 1 amide bonds. The number of carbonyl (C=O) groups excluding carboxylic acids is 1. The third kappa shape index (κ3) is 2.25. The van der Waals surface area contributed by atoms with Gasteiger partial charge in [0.15, 0.2) is 0 Å². The number of allylic oxidation sites excluding steroid dienone is 1. The Kier molecular flexibility index (Phi) is 3.19. The molecule has 2 aliphatic heterocycles. The number of rotatable bonds is 1. The van der Waals surface area contributed by atoms with Crippen molar-refractivity contribution in [3.63, 3.8) is 0 Å². The zero-order chi connectivity index (χ0) is 11.7. The number of nitrogens with zero attached hydrogens (tertiary/aromatic N) is 1. The molecule has 94 valence electrons. The van der Waals surface area contributed by atoms with E-state index in [1.165, 1.54) is 19.3 Å². The third-order valence-corrected chi connectivity index (χ3v) is 4.34. The van der Waals surface area contributed by atoms with E-state index in [9.17, 15) is 4.79 Å². The number of amides is 1. The van der Waals surface area contributed by atoms with Crippen LogP contribution in [0, 0.1) is 0 Å². The summed E-state index contributed by atoms with van der Waals surface area (Å²) < 4.78 is 5.47.